The fourth-order valence-electron chi connectivity index (χ4n) is 1.22. The summed E-state index contributed by atoms with van der Waals surface area (Å²) in [7, 11) is -4.07. The summed E-state index contributed by atoms with van der Waals surface area (Å²) in [4.78, 5) is 0. The zero-order chi connectivity index (χ0) is 14.6. The van der Waals surface area contributed by atoms with Gasteiger partial charge in [0.1, 0.15) is 11.8 Å². The van der Waals surface area contributed by atoms with Crippen LogP contribution in [0.3, 0.4) is 0 Å². The molecule has 0 fully saturated rings. The van der Waals surface area contributed by atoms with Crippen molar-refractivity contribution in [1.82, 2.24) is 5.16 Å². The normalized spacial score (nSPS) is 12.1. The number of thiol groups is 1. The van der Waals surface area contributed by atoms with Crippen LogP contribution >= 0.6 is 11.6 Å². The second-order valence-electron chi connectivity index (χ2n) is 5.36. The van der Waals surface area contributed by atoms with Gasteiger partial charge >= 0.3 is 0 Å². The van der Waals surface area contributed by atoms with Crippen molar-refractivity contribution in [2.75, 3.05) is 17.6 Å². The largest absolute Gasteiger partial charge is 0.360 e. The van der Waals surface area contributed by atoms with Gasteiger partial charge in [0, 0.05) is 14.7 Å². The Morgan fingerprint density at radius 2 is 2.05 bits per heavy atom. The zero-order valence-corrected chi connectivity index (χ0v) is 14.1. The maximum absolute atomic E-state index is 11.2. The Morgan fingerprint density at radius 1 is 1.42 bits per heavy atom. The Morgan fingerprint density at radius 3 is 2.47 bits per heavy atom. The predicted octanol–water partition coefficient (Wildman–Crippen LogP) is 2.28. The lowest BCUT2D eigenvalue weighted by molar-refractivity contribution is 0.156. The maximum Gasteiger partial charge on any atom is 0.228 e. The Hall–Kier alpha value is -0.573. The molecule has 6 nitrogen and oxygen atoms in total. The SMILES string of the molecule is Cc1onc(N(COCC[Si](C)(C)C)[SH](=O)=O)c1Cl. The molecule has 0 atom stereocenters. The highest BCUT2D eigenvalue weighted by Crippen LogP contribution is 2.27. The summed E-state index contributed by atoms with van der Waals surface area (Å²) in [5.41, 5.74) is 0. The van der Waals surface area contributed by atoms with E-state index < -0.39 is 19.0 Å². The summed E-state index contributed by atoms with van der Waals surface area (Å²) >= 11 is 5.92. The number of hydrogen-bond donors (Lipinski definition) is 1. The topological polar surface area (TPSA) is 72.6 Å². The molecule has 1 aromatic rings. The van der Waals surface area contributed by atoms with Crippen molar-refractivity contribution in [3.63, 3.8) is 0 Å². The van der Waals surface area contributed by atoms with E-state index in [4.69, 9.17) is 20.9 Å². The van der Waals surface area contributed by atoms with Crippen LogP contribution in [0.25, 0.3) is 0 Å². The lowest BCUT2D eigenvalue weighted by Gasteiger charge is -2.18. The van der Waals surface area contributed by atoms with Crippen LogP contribution in [-0.2, 0) is 15.6 Å². The molecule has 0 aliphatic rings. The second kappa shape index (κ2) is 6.73. The number of rotatable bonds is 7. The van der Waals surface area contributed by atoms with Gasteiger partial charge in [-0.2, -0.15) is 0 Å². The highest BCUT2D eigenvalue weighted by Gasteiger charge is 2.20. The van der Waals surface area contributed by atoms with Crippen LogP contribution in [0.15, 0.2) is 4.52 Å². The molecular formula is C10H19ClN2O4SSi. The fourth-order valence-corrected chi connectivity index (χ4v) is 2.68. The summed E-state index contributed by atoms with van der Waals surface area (Å²) in [6.45, 7) is 8.69. The predicted molar refractivity (Wildman–Crippen MR) is 78.0 cm³/mol. The van der Waals surface area contributed by atoms with Gasteiger partial charge in [-0.05, 0) is 13.0 Å². The molecule has 0 bridgehead atoms. The molecule has 0 amide bonds. The number of halogens is 1. The van der Waals surface area contributed by atoms with E-state index >= 15 is 0 Å². The number of hydrogen-bond acceptors (Lipinski definition) is 5. The van der Waals surface area contributed by atoms with Crippen LogP contribution in [0.5, 0.6) is 0 Å². The van der Waals surface area contributed by atoms with E-state index in [1.165, 1.54) is 0 Å². The van der Waals surface area contributed by atoms with Gasteiger partial charge < -0.3 is 9.26 Å². The quantitative estimate of drug-likeness (QED) is 0.360. The van der Waals surface area contributed by atoms with Gasteiger partial charge in [-0.3, -0.25) is 0 Å². The van der Waals surface area contributed by atoms with Crippen LogP contribution in [0.2, 0.25) is 30.7 Å². The Bertz CT molecular complexity index is 490. The van der Waals surface area contributed by atoms with Crippen molar-refractivity contribution in [2.24, 2.45) is 0 Å². The summed E-state index contributed by atoms with van der Waals surface area (Å²) in [6.07, 6.45) is 0. The highest BCUT2D eigenvalue weighted by atomic mass is 35.5. The third-order valence-electron chi connectivity index (χ3n) is 2.43. The molecule has 0 saturated carbocycles. The van der Waals surface area contributed by atoms with E-state index in [-0.39, 0.29) is 17.6 Å². The van der Waals surface area contributed by atoms with Gasteiger partial charge in [0.2, 0.25) is 16.7 Å². The Labute approximate surface area is 120 Å². The van der Waals surface area contributed by atoms with Gasteiger partial charge in [-0.15, -0.1) is 0 Å². The minimum Gasteiger partial charge on any atom is -0.360 e. The van der Waals surface area contributed by atoms with Gasteiger partial charge in [0.15, 0.2) is 5.76 Å². The van der Waals surface area contributed by atoms with E-state index in [2.05, 4.69) is 24.8 Å². The molecule has 0 aromatic carbocycles. The van der Waals surface area contributed by atoms with Crippen LogP contribution in [0, 0.1) is 6.92 Å². The smallest absolute Gasteiger partial charge is 0.228 e. The van der Waals surface area contributed by atoms with Crippen LogP contribution < -0.4 is 4.31 Å². The molecule has 0 radical (unpaired) electrons. The van der Waals surface area contributed by atoms with Gasteiger partial charge in [0.05, 0.1) is 0 Å². The van der Waals surface area contributed by atoms with Crippen molar-refractivity contribution < 1.29 is 17.7 Å². The third kappa shape index (κ3) is 5.13. The molecule has 19 heavy (non-hydrogen) atoms. The molecule has 0 N–H and O–H groups in total. The molecule has 0 saturated heterocycles. The average Bonchev–Trinajstić information content (AvgIpc) is 2.58. The van der Waals surface area contributed by atoms with E-state index in [9.17, 15) is 8.42 Å². The molecule has 0 aliphatic carbocycles. The molecule has 110 valence electrons. The zero-order valence-electron chi connectivity index (χ0n) is 11.5. The summed E-state index contributed by atoms with van der Waals surface area (Å²) in [5.74, 6) is 0.448. The number of aromatic nitrogens is 1. The minimum absolute atomic E-state index is 0.0725. The minimum atomic E-state index is -2.88. The number of ether oxygens (including phenoxy) is 1. The first-order chi connectivity index (χ1) is 8.72. The van der Waals surface area contributed by atoms with Crippen LogP contribution in [0.4, 0.5) is 5.82 Å². The monoisotopic (exact) mass is 326 g/mol. The maximum atomic E-state index is 11.2. The van der Waals surface area contributed by atoms with Crippen LogP contribution in [0.1, 0.15) is 5.76 Å². The van der Waals surface area contributed by atoms with E-state index in [1.54, 1.807) is 6.92 Å². The molecule has 1 heterocycles. The van der Waals surface area contributed by atoms with E-state index in [1.807, 2.05) is 0 Å². The molecule has 1 aromatic heterocycles. The second-order valence-corrected chi connectivity index (χ2v) is 12.3. The summed E-state index contributed by atoms with van der Waals surface area (Å²) < 4.78 is 33.6. The van der Waals surface area contributed by atoms with Crippen LogP contribution in [-0.4, -0.2) is 35.0 Å². The number of aryl methyl sites for hydroxylation is 1. The molecule has 9 heteroatoms. The van der Waals surface area contributed by atoms with Crippen molar-refractivity contribution in [2.45, 2.75) is 32.6 Å². The van der Waals surface area contributed by atoms with Crippen molar-refractivity contribution in [3.8, 4) is 0 Å². The van der Waals surface area contributed by atoms with Crippen molar-refractivity contribution in [1.29, 1.82) is 0 Å². The first kappa shape index (κ1) is 16.5. The third-order valence-corrected chi connectivity index (χ3v) is 5.26. The van der Waals surface area contributed by atoms with Crippen molar-refractivity contribution in [3.05, 3.63) is 10.8 Å². The Kier molecular flexibility index (Phi) is 5.84. The summed E-state index contributed by atoms with van der Waals surface area (Å²) in [5, 5.41) is 3.82. The first-order valence-corrected chi connectivity index (χ1v) is 11.1. The molecule has 0 unspecified atom stereocenters. The number of nitrogens with zero attached hydrogens (tertiary/aromatic N) is 2. The van der Waals surface area contributed by atoms with E-state index in [0.717, 1.165) is 10.3 Å². The molecule has 1 rings (SSSR count). The molecular weight excluding hydrogens is 308 g/mol. The molecule has 0 aliphatic heterocycles. The van der Waals surface area contributed by atoms with Gasteiger partial charge in [0.25, 0.3) is 0 Å². The lowest BCUT2D eigenvalue weighted by Crippen LogP contribution is -2.27. The standard InChI is InChI=1S/C10H19ClN2O4SSi/c1-8-9(11)10(12-17-8)13(18(14)15)7-16-5-6-19(2,3)4/h18H,5-7H2,1-4H3. The highest BCUT2D eigenvalue weighted by molar-refractivity contribution is 7.74. The number of anilines is 1. The Balaban J connectivity index is 2.63. The lowest BCUT2D eigenvalue weighted by atomic mass is 10.5. The van der Waals surface area contributed by atoms with Gasteiger partial charge in [-0.1, -0.05) is 36.4 Å². The fraction of sp³-hybridized carbons (Fsp3) is 0.700. The van der Waals surface area contributed by atoms with Crippen molar-refractivity contribution >= 4 is 36.4 Å². The molecule has 0 spiro atoms. The van der Waals surface area contributed by atoms with Gasteiger partial charge in [-0.25, -0.2) is 12.7 Å². The first-order valence-electron chi connectivity index (χ1n) is 5.84. The average molecular weight is 327 g/mol. The summed E-state index contributed by atoms with van der Waals surface area (Å²) in [6, 6.07) is 0.960. The van der Waals surface area contributed by atoms with E-state index in [0.29, 0.717) is 12.4 Å².